The molecule has 1 heterocycles. The predicted octanol–water partition coefficient (Wildman–Crippen LogP) is 3.21. The Balaban J connectivity index is 0.00000324. The molecule has 1 rings (SSSR count). The van der Waals surface area contributed by atoms with Gasteiger partial charge in [-0.15, -0.1) is 12.4 Å². The summed E-state index contributed by atoms with van der Waals surface area (Å²) in [5.41, 5.74) is 6.29. The van der Waals surface area contributed by atoms with Crippen molar-refractivity contribution in [2.45, 2.75) is 65.8 Å². The van der Waals surface area contributed by atoms with Gasteiger partial charge in [-0.3, -0.25) is 4.79 Å². The number of amides is 1. The van der Waals surface area contributed by atoms with E-state index in [9.17, 15) is 4.79 Å². The van der Waals surface area contributed by atoms with E-state index in [4.69, 9.17) is 5.73 Å². The summed E-state index contributed by atoms with van der Waals surface area (Å²) in [4.78, 5) is 14.2. The number of carbonyl (C=O) groups is 1. The van der Waals surface area contributed by atoms with E-state index in [-0.39, 0.29) is 24.4 Å². The molecule has 0 bridgehead atoms. The van der Waals surface area contributed by atoms with Crippen LogP contribution in [0.4, 0.5) is 0 Å². The predicted molar refractivity (Wildman–Crippen MR) is 83.5 cm³/mol. The minimum absolute atomic E-state index is 0. The van der Waals surface area contributed by atoms with Crippen LogP contribution in [0.2, 0.25) is 0 Å². The van der Waals surface area contributed by atoms with Crippen molar-refractivity contribution in [1.29, 1.82) is 0 Å². The average Bonchev–Trinajstić information content (AvgIpc) is 2.53. The first-order valence-electron chi connectivity index (χ1n) is 7.40. The molecule has 2 unspecified atom stereocenters. The van der Waals surface area contributed by atoms with Crippen LogP contribution in [0.25, 0.3) is 0 Å². The van der Waals surface area contributed by atoms with Crippen LogP contribution in [-0.2, 0) is 4.79 Å². The number of rotatable bonds is 3. The number of hydrogen-bond acceptors (Lipinski definition) is 2. The first kappa shape index (κ1) is 18.7. The molecule has 1 aliphatic heterocycles. The fourth-order valence-corrected chi connectivity index (χ4v) is 2.85. The van der Waals surface area contributed by atoms with Crippen molar-refractivity contribution in [2.75, 3.05) is 13.1 Å². The third kappa shape index (κ3) is 5.70. The first-order chi connectivity index (χ1) is 8.36. The van der Waals surface area contributed by atoms with Gasteiger partial charge in [0.05, 0.1) is 6.04 Å². The maximum absolute atomic E-state index is 12.2. The lowest BCUT2D eigenvalue weighted by Crippen LogP contribution is -2.44. The van der Waals surface area contributed by atoms with Gasteiger partial charge in [-0.1, -0.05) is 34.1 Å². The Hall–Kier alpha value is -0.280. The molecule has 0 aromatic carbocycles. The highest BCUT2D eigenvalue weighted by Crippen LogP contribution is 2.34. The SMILES string of the molecule is CCCC(N)C(=O)N1CCCC(C(C)(C)C)CC1.Cl. The van der Waals surface area contributed by atoms with E-state index < -0.39 is 0 Å². The standard InChI is InChI=1S/C15H30N2O.ClH/c1-5-7-13(16)14(18)17-10-6-8-12(9-11-17)15(2,3)4;/h12-13H,5-11,16H2,1-4H3;1H. The van der Waals surface area contributed by atoms with Crippen LogP contribution in [0.5, 0.6) is 0 Å². The average molecular weight is 291 g/mol. The van der Waals surface area contributed by atoms with Crippen molar-refractivity contribution in [2.24, 2.45) is 17.1 Å². The minimum Gasteiger partial charge on any atom is -0.341 e. The van der Waals surface area contributed by atoms with E-state index in [1.807, 2.05) is 4.90 Å². The molecule has 1 saturated heterocycles. The second-order valence-corrected chi connectivity index (χ2v) is 6.71. The maximum atomic E-state index is 12.2. The normalized spacial score (nSPS) is 22.4. The molecule has 0 radical (unpaired) electrons. The van der Waals surface area contributed by atoms with Crippen LogP contribution in [0, 0.1) is 11.3 Å². The van der Waals surface area contributed by atoms with Gasteiger partial charge < -0.3 is 10.6 Å². The van der Waals surface area contributed by atoms with Gasteiger partial charge in [0.1, 0.15) is 0 Å². The van der Waals surface area contributed by atoms with Gasteiger partial charge >= 0.3 is 0 Å². The third-order valence-corrected chi connectivity index (χ3v) is 4.18. The van der Waals surface area contributed by atoms with Crippen molar-refractivity contribution in [3.63, 3.8) is 0 Å². The largest absolute Gasteiger partial charge is 0.341 e. The van der Waals surface area contributed by atoms with Gasteiger partial charge in [0.25, 0.3) is 0 Å². The van der Waals surface area contributed by atoms with Gasteiger partial charge in [0.15, 0.2) is 0 Å². The second kappa shape index (κ2) is 8.11. The van der Waals surface area contributed by atoms with E-state index in [2.05, 4.69) is 27.7 Å². The quantitative estimate of drug-likeness (QED) is 0.867. The highest BCUT2D eigenvalue weighted by molar-refractivity contribution is 5.85. The van der Waals surface area contributed by atoms with Crippen LogP contribution in [0.1, 0.15) is 59.8 Å². The molecule has 2 atom stereocenters. The van der Waals surface area contributed by atoms with Crippen LogP contribution in [-0.4, -0.2) is 29.9 Å². The lowest BCUT2D eigenvalue weighted by atomic mass is 9.77. The van der Waals surface area contributed by atoms with E-state index >= 15 is 0 Å². The Bertz CT molecular complexity index is 276. The molecule has 0 aromatic heterocycles. The van der Waals surface area contributed by atoms with Crippen LogP contribution >= 0.6 is 12.4 Å². The molecule has 114 valence electrons. The fourth-order valence-electron chi connectivity index (χ4n) is 2.85. The summed E-state index contributed by atoms with van der Waals surface area (Å²) in [5, 5.41) is 0. The molecule has 0 aliphatic carbocycles. The fraction of sp³-hybridized carbons (Fsp3) is 0.933. The van der Waals surface area contributed by atoms with Gasteiger partial charge in [-0.2, -0.15) is 0 Å². The van der Waals surface area contributed by atoms with Crippen molar-refractivity contribution in [3.05, 3.63) is 0 Å². The lowest BCUT2D eigenvalue weighted by molar-refractivity contribution is -0.132. The molecule has 2 N–H and O–H groups in total. The summed E-state index contributed by atoms with van der Waals surface area (Å²) in [6, 6.07) is -0.291. The molecular weight excluding hydrogens is 260 g/mol. The number of likely N-dealkylation sites (tertiary alicyclic amines) is 1. The van der Waals surface area contributed by atoms with Gasteiger partial charge in [0, 0.05) is 13.1 Å². The number of hydrogen-bond donors (Lipinski definition) is 1. The van der Waals surface area contributed by atoms with E-state index in [1.54, 1.807) is 0 Å². The zero-order valence-electron chi connectivity index (χ0n) is 12.9. The number of carbonyl (C=O) groups excluding carboxylic acids is 1. The van der Waals surface area contributed by atoms with Crippen LogP contribution in [0.3, 0.4) is 0 Å². The van der Waals surface area contributed by atoms with Crippen molar-refractivity contribution in [3.8, 4) is 0 Å². The van der Waals surface area contributed by atoms with Crippen LogP contribution in [0.15, 0.2) is 0 Å². The van der Waals surface area contributed by atoms with Gasteiger partial charge in [0.2, 0.25) is 5.91 Å². The van der Waals surface area contributed by atoms with Crippen molar-refractivity contribution >= 4 is 18.3 Å². The zero-order chi connectivity index (χ0) is 13.8. The summed E-state index contributed by atoms with van der Waals surface area (Å²) in [7, 11) is 0. The molecule has 4 heteroatoms. The molecule has 0 aromatic rings. The van der Waals surface area contributed by atoms with Gasteiger partial charge in [-0.25, -0.2) is 0 Å². The molecule has 1 amide bonds. The number of nitrogens with two attached hydrogens (primary N) is 1. The Labute approximate surface area is 124 Å². The van der Waals surface area contributed by atoms with Crippen molar-refractivity contribution < 1.29 is 4.79 Å². The Morgan fingerprint density at radius 1 is 1.32 bits per heavy atom. The highest BCUT2D eigenvalue weighted by Gasteiger charge is 2.29. The van der Waals surface area contributed by atoms with Crippen molar-refractivity contribution in [1.82, 2.24) is 4.90 Å². The van der Waals surface area contributed by atoms with Crippen LogP contribution < -0.4 is 5.73 Å². The molecular formula is C15H31ClN2O. The third-order valence-electron chi connectivity index (χ3n) is 4.18. The zero-order valence-corrected chi connectivity index (χ0v) is 13.8. The Kier molecular flexibility index (Phi) is 7.99. The molecule has 3 nitrogen and oxygen atoms in total. The van der Waals surface area contributed by atoms with E-state index in [0.717, 1.165) is 44.7 Å². The summed E-state index contributed by atoms with van der Waals surface area (Å²) in [6.07, 6.45) is 5.25. The molecule has 1 aliphatic rings. The number of halogens is 1. The Morgan fingerprint density at radius 3 is 2.47 bits per heavy atom. The Morgan fingerprint density at radius 2 is 1.95 bits per heavy atom. The topological polar surface area (TPSA) is 46.3 Å². The molecule has 0 spiro atoms. The lowest BCUT2D eigenvalue weighted by Gasteiger charge is -2.30. The summed E-state index contributed by atoms with van der Waals surface area (Å²) in [6.45, 7) is 10.8. The van der Waals surface area contributed by atoms with E-state index in [0.29, 0.717) is 5.41 Å². The molecule has 1 fully saturated rings. The number of nitrogens with zero attached hydrogens (tertiary/aromatic N) is 1. The van der Waals surface area contributed by atoms with E-state index in [1.165, 1.54) is 6.42 Å². The second-order valence-electron chi connectivity index (χ2n) is 6.71. The minimum atomic E-state index is -0.291. The summed E-state index contributed by atoms with van der Waals surface area (Å²) in [5.74, 6) is 0.879. The monoisotopic (exact) mass is 290 g/mol. The molecule has 19 heavy (non-hydrogen) atoms. The summed E-state index contributed by atoms with van der Waals surface area (Å²) < 4.78 is 0. The van der Waals surface area contributed by atoms with Gasteiger partial charge in [-0.05, 0) is 37.0 Å². The summed E-state index contributed by atoms with van der Waals surface area (Å²) >= 11 is 0. The first-order valence-corrected chi connectivity index (χ1v) is 7.40. The highest BCUT2D eigenvalue weighted by atomic mass is 35.5. The maximum Gasteiger partial charge on any atom is 0.239 e. The molecule has 0 saturated carbocycles. The smallest absolute Gasteiger partial charge is 0.239 e.